The molecule has 0 unspecified atom stereocenters. The first-order valence-corrected chi connectivity index (χ1v) is 11.3. The number of pyridine rings is 1. The van der Waals surface area contributed by atoms with Gasteiger partial charge < -0.3 is 24.8 Å². The van der Waals surface area contributed by atoms with Crippen molar-refractivity contribution in [2.24, 2.45) is 5.41 Å². The van der Waals surface area contributed by atoms with Gasteiger partial charge in [0.05, 0.1) is 6.54 Å². The lowest BCUT2D eigenvalue weighted by molar-refractivity contribution is -0.150. The molecule has 184 valence electrons. The zero-order valence-electron chi connectivity index (χ0n) is 20.5. The second-order valence-corrected chi connectivity index (χ2v) is 10.6. The Morgan fingerprint density at radius 3 is 2.41 bits per heavy atom. The van der Waals surface area contributed by atoms with Crippen LogP contribution in [-0.2, 0) is 14.3 Å². The van der Waals surface area contributed by atoms with Crippen LogP contribution < -0.4 is 10.1 Å². The Morgan fingerprint density at radius 1 is 1.12 bits per heavy atom. The fraction of sp³-hybridized carbons (Fsp3) is 0.520. The predicted molar refractivity (Wildman–Crippen MR) is 127 cm³/mol. The van der Waals surface area contributed by atoms with Gasteiger partial charge in [0, 0.05) is 18.0 Å². The molecule has 9 nitrogen and oxygen atoms in total. The number of carboxylic acid groups (broad SMARTS) is 1. The molecule has 1 aliphatic heterocycles. The summed E-state index contributed by atoms with van der Waals surface area (Å²) in [4.78, 5) is 43.6. The number of carbonyl (C=O) groups is 3. The number of carboxylic acids is 1. The maximum Gasteiger partial charge on any atom is 0.408 e. The average molecular weight is 472 g/mol. The second-order valence-electron chi connectivity index (χ2n) is 10.6. The molecule has 2 amide bonds. The van der Waals surface area contributed by atoms with Gasteiger partial charge >= 0.3 is 12.1 Å². The lowest BCUT2D eigenvalue weighted by atomic mass is 9.85. The molecular formula is C25H33N3O6. The van der Waals surface area contributed by atoms with E-state index >= 15 is 0 Å². The monoisotopic (exact) mass is 471 g/mol. The molecule has 1 saturated heterocycles. The molecule has 0 aliphatic carbocycles. The van der Waals surface area contributed by atoms with Crippen molar-refractivity contribution in [3.05, 3.63) is 36.5 Å². The molecule has 1 aromatic heterocycles. The third kappa shape index (κ3) is 5.95. The number of carbonyl (C=O) groups excluding carboxylic acids is 2. The van der Waals surface area contributed by atoms with Crippen LogP contribution in [0, 0.1) is 5.41 Å². The van der Waals surface area contributed by atoms with E-state index in [4.69, 9.17) is 9.47 Å². The highest BCUT2D eigenvalue weighted by Gasteiger charge is 2.46. The quantitative estimate of drug-likeness (QED) is 0.684. The number of alkyl carbamates (subject to hydrolysis) is 1. The van der Waals surface area contributed by atoms with Gasteiger partial charge in [0.1, 0.15) is 23.8 Å². The predicted octanol–water partition coefficient (Wildman–Crippen LogP) is 3.61. The fourth-order valence-electron chi connectivity index (χ4n) is 3.94. The van der Waals surface area contributed by atoms with E-state index in [9.17, 15) is 19.5 Å². The van der Waals surface area contributed by atoms with Crippen LogP contribution in [0.25, 0.3) is 10.8 Å². The highest BCUT2D eigenvalue weighted by atomic mass is 16.6. The Bertz CT molecular complexity index is 1070. The van der Waals surface area contributed by atoms with Gasteiger partial charge in [0.25, 0.3) is 0 Å². The van der Waals surface area contributed by atoms with E-state index in [1.54, 1.807) is 47.7 Å². The molecule has 0 spiro atoms. The molecule has 34 heavy (non-hydrogen) atoms. The van der Waals surface area contributed by atoms with Crippen molar-refractivity contribution >= 4 is 28.7 Å². The minimum absolute atomic E-state index is 0.0588. The summed E-state index contributed by atoms with van der Waals surface area (Å²) in [6.45, 7) is 10.6. The first-order chi connectivity index (χ1) is 15.8. The summed E-state index contributed by atoms with van der Waals surface area (Å²) in [5.41, 5.74) is -1.43. The van der Waals surface area contributed by atoms with Crippen molar-refractivity contribution in [3.63, 3.8) is 0 Å². The smallest absolute Gasteiger partial charge is 0.408 e. The van der Waals surface area contributed by atoms with Crippen LogP contribution in [0.1, 0.15) is 48.0 Å². The van der Waals surface area contributed by atoms with Gasteiger partial charge in [-0.25, -0.2) is 14.6 Å². The Kier molecular flexibility index (Phi) is 7.05. The number of aliphatic carboxylic acids is 1. The summed E-state index contributed by atoms with van der Waals surface area (Å²) >= 11 is 0. The number of ether oxygens (including phenoxy) is 2. The summed E-state index contributed by atoms with van der Waals surface area (Å²) in [6.07, 6.45) is 0.435. The lowest BCUT2D eigenvalue weighted by Gasteiger charge is -2.35. The molecule has 0 saturated carbocycles. The molecule has 3 atom stereocenters. The number of amides is 2. The average Bonchev–Trinajstić information content (AvgIpc) is 3.14. The first kappa shape index (κ1) is 25.3. The van der Waals surface area contributed by atoms with Gasteiger partial charge in [-0.15, -0.1) is 0 Å². The van der Waals surface area contributed by atoms with Crippen molar-refractivity contribution < 1.29 is 29.0 Å². The highest BCUT2D eigenvalue weighted by molar-refractivity contribution is 5.90. The molecule has 0 bridgehead atoms. The standard InChI is InChI=1S/C25H33N3O6/c1-24(2,3)19(27-23(32)34-25(4,5)6)21(29)28-14-16(13-18(28)22(30)31)33-20-17-10-8-7-9-15(17)11-12-26-20/h7-12,16,18-19H,13-14H2,1-6H3,(H,27,32)(H,30,31)/t16-,18+,19-/m1/s1. The largest absolute Gasteiger partial charge is 0.480 e. The molecule has 2 aromatic rings. The van der Waals surface area contributed by atoms with E-state index in [2.05, 4.69) is 10.3 Å². The SMILES string of the molecule is CC(C)(C)OC(=O)N[C@H](C(=O)N1C[C@H](Oc2nccc3ccccc23)C[C@H]1C(=O)O)C(C)(C)C. The van der Waals surface area contributed by atoms with Crippen molar-refractivity contribution in [3.8, 4) is 5.88 Å². The molecular weight excluding hydrogens is 438 g/mol. The zero-order valence-corrected chi connectivity index (χ0v) is 20.5. The van der Waals surface area contributed by atoms with E-state index < -0.39 is 47.2 Å². The van der Waals surface area contributed by atoms with Crippen LogP contribution in [-0.4, -0.2) is 63.3 Å². The van der Waals surface area contributed by atoms with E-state index in [0.717, 1.165) is 10.8 Å². The lowest BCUT2D eigenvalue weighted by Crippen LogP contribution is -2.57. The Hall–Kier alpha value is -3.36. The number of aromatic nitrogens is 1. The van der Waals surface area contributed by atoms with Crippen molar-refractivity contribution in [2.75, 3.05) is 6.54 Å². The molecule has 0 radical (unpaired) electrons. The maximum atomic E-state index is 13.5. The fourth-order valence-corrected chi connectivity index (χ4v) is 3.94. The topological polar surface area (TPSA) is 118 Å². The number of rotatable bonds is 5. The highest BCUT2D eigenvalue weighted by Crippen LogP contribution is 2.30. The normalized spacial score (nSPS) is 19.5. The zero-order chi connectivity index (χ0) is 25.3. The van der Waals surface area contributed by atoms with E-state index in [-0.39, 0.29) is 13.0 Å². The van der Waals surface area contributed by atoms with Crippen molar-refractivity contribution in [1.29, 1.82) is 0 Å². The van der Waals surface area contributed by atoms with E-state index in [1.165, 1.54) is 4.90 Å². The third-order valence-electron chi connectivity index (χ3n) is 5.52. The molecule has 1 aromatic carbocycles. The minimum Gasteiger partial charge on any atom is -0.480 e. The molecule has 1 aliphatic rings. The van der Waals surface area contributed by atoms with Crippen LogP contribution >= 0.6 is 0 Å². The number of hydrogen-bond donors (Lipinski definition) is 2. The molecule has 2 N–H and O–H groups in total. The van der Waals surface area contributed by atoms with Crippen LogP contribution in [0.2, 0.25) is 0 Å². The van der Waals surface area contributed by atoms with Gasteiger partial charge in [0.2, 0.25) is 11.8 Å². The van der Waals surface area contributed by atoms with Crippen LogP contribution in [0.5, 0.6) is 5.88 Å². The van der Waals surface area contributed by atoms with Crippen molar-refractivity contribution in [2.45, 2.75) is 71.8 Å². The summed E-state index contributed by atoms with van der Waals surface area (Å²) in [6, 6.07) is 7.39. The van der Waals surface area contributed by atoms with Gasteiger partial charge in [-0.2, -0.15) is 0 Å². The number of likely N-dealkylation sites (tertiary alicyclic amines) is 1. The Labute approximate surface area is 199 Å². The Morgan fingerprint density at radius 2 is 1.79 bits per heavy atom. The number of nitrogens with one attached hydrogen (secondary N) is 1. The number of nitrogens with zero attached hydrogens (tertiary/aromatic N) is 2. The third-order valence-corrected chi connectivity index (χ3v) is 5.52. The second kappa shape index (κ2) is 9.48. The number of benzene rings is 1. The summed E-state index contributed by atoms with van der Waals surface area (Å²) < 4.78 is 11.4. The summed E-state index contributed by atoms with van der Waals surface area (Å²) in [7, 11) is 0. The maximum absolute atomic E-state index is 13.5. The molecule has 1 fully saturated rings. The van der Waals surface area contributed by atoms with E-state index in [1.807, 2.05) is 30.3 Å². The minimum atomic E-state index is -1.13. The molecule has 2 heterocycles. The summed E-state index contributed by atoms with van der Waals surface area (Å²) in [5, 5.41) is 14.2. The Balaban J connectivity index is 1.82. The van der Waals surface area contributed by atoms with Crippen molar-refractivity contribution in [1.82, 2.24) is 15.2 Å². The van der Waals surface area contributed by atoms with Gasteiger partial charge in [-0.1, -0.05) is 39.0 Å². The number of fused-ring (bicyclic) bond motifs is 1. The molecule has 3 rings (SSSR count). The van der Waals surface area contributed by atoms with E-state index in [0.29, 0.717) is 5.88 Å². The van der Waals surface area contributed by atoms with Gasteiger partial charge in [-0.05, 0) is 43.7 Å². The number of hydrogen-bond acceptors (Lipinski definition) is 6. The first-order valence-electron chi connectivity index (χ1n) is 11.3. The van der Waals surface area contributed by atoms with Crippen LogP contribution in [0.3, 0.4) is 0 Å². The van der Waals surface area contributed by atoms with Gasteiger partial charge in [-0.3, -0.25) is 4.79 Å². The summed E-state index contributed by atoms with van der Waals surface area (Å²) in [5.74, 6) is -1.24. The van der Waals surface area contributed by atoms with Crippen LogP contribution in [0.15, 0.2) is 36.5 Å². The van der Waals surface area contributed by atoms with Gasteiger partial charge in [0.15, 0.2) is 0 Å². The molecule has 9 heteroatoms. The van der Waals surface area contributed by atoms with Crippen LogP contribution in [0.4, 0.5) is 4.79 Å².